The van der Waals surface area contributed by atoms with Gasteiger partial charge in [0.1, 0.15) is 0 Å². The van der Waals surface area contributed by atoms with E-state index in [0.29, 0.717) is 11.1 Å². The smallest absolute Gasteiger partial charge is 0.276 e. The molecule has 124 valence electrons. The first-order valence-electron chi connectivity index (χ1n) is 7.60. The molecule has 6 nitrogen and oxygen atoms in total. The van der Waals surface area contributed by atoms with Crippen LogP contribution in [0.3, 0.4) is 0 Å². The van der Waals surface area contributed by atoms with Crippen molar-refractivity contribution < 1.29 is 14.5 Å². The molecule has 1 N–H and O–H groups in total. The number of anilines is 1. The molecule has 0 spiro atoms. The van der Waals surface area contributed by atoms with Gasteiger partial charge in [0.15, 0.2) is 5.78 Å². The highest BCUT2D eigenvalue weighted by Gasteiger charge is 2.18. The van der Waals surface area contributed by atoms with Crippen LogP contribution in [0.1, 0.15) is 21.5 Å². The van der Waals surface area contributed by atoms with Crippen molar-refractivity contribution in [2.24, 2.45) is 0 Å². The molecule has 6 heteroatoms. The number of para-hydroxylation sites is 1. The van der Waals surface area contributed by atoms with E-state index < -0.39 is 4.92 Å². The molecule has 0 bridgehead atoms. The molecule has 1 amide bonds. The van der Waals surface area contributed by atoms with Gasteiger partial charge >= 0.3 is 0 Å². The highest BCUT2D eigenvalue weighted by atomic mass is 16.6. The van der Waals surface area contributed by atoms with Crippen LogP contribution < -0.4 is 5.32 Å². The van der Waals surface area contributed by atoms with Gasteiger partial charge in [0.25, 0.3) is 5.69 Å². The lowest BCUT2D eigenvalue weighted by Gasteiger charge is -2.00. The molecular formula is C19H14N2O4. The van der Waals surface area contributed by atoms with E-state index in [9.17, 15) is 19.7 Å². The molecule has 2 aromatic rings. The first-order chi connectivity index (χ1) is 12.0. The second kappa shape index (κ2) is 6.92. The van der Waals surface area contributed by atoms with Crippen molar-refractivity contribution in [2.45, 2.75) is 6.42 Å². The molecular weight excluding hydrogens is 320 g/mol. The number of carbonyl (C=O) groups is 2. The molecule has 0 unspecified atom stereocenters. The van der Waals surface area contributed by atoms with Crippen LogP contribution in [-0.2, 0) is 11.2 Å². The van der Waals surface area contributed by atoms with Gasteiger partial charge in [-0.2, -0.15) is 0 Å². The van der Waals surface area contributed by atoms with Gasteiger partial charge in [-0.15, -0.1) is 0 Å². The number of fused-ring (bicyclic) bond motifs is 1. The quantitative estimate of drug-likeness (QED) is 0.298. The number of ketones is 1. The Morgan fingerprint density at radius 1 is 1.16 bits per heavy atom. The number of nitro groups is 1. The monoisotopic (exact) mass is 334 g/mol. The Morgan fingerprint density at radius 3 is 2.76 bits per heavy atom. The van der Waals surface area contributed by atoms with Crippen LogP contribution in [0.5, 0.6) is 0 Å². The SMILES string of the molecule is O=C1Cc2cc(C(=O)/C=C/C=C\c3ccccc3[N+](=O)[O-])ccc2N1. The number of hydrogen-bond acceptors (Lipinski definition) is 4. The molecule has 1 heterocycles. The Morgan fingerprint density at radius 2 is 1.96 bits per heavy atom. The van der Waals surface area contributed by atoms with E-state index in [1.807, 2.05) is 0 Å². The fourth-order valence-corrected chi connectivity index (χ4v) is 2.58. The molecule has 2 aromatic carbocycles. The number of rotatable bonds is 5. The molecule has 3 rings (SSSR count). The zero-order valence-electron chi connectivity index (χ0n) is 13.1. The molecule has 0 radical (unpaired) electrons. The van der Waals surface area contributed by atoms with Crippen LogP contribution in [0, 0.1) is 10.1 Å². The lowest BCUT2D eigenvalue weighted by molar-refractivity contribution is -0.385. The number of nitrogens with one attached hydrogen (secondary N) is 1. The van der Waals surface area contributed by atoms with Gasteiger partial charge in [0.05, 0.1) is 16.9 Å². The third-order valence-electron chi connectivity index (χ3n) is 3.78. The van der Waals surface area contributed by atoms with Gasteiger partial charge in [-0.1, -0.05) is 24.3 Å². The largest absolute Gasteiger partial charge is 0.326 e. The molecule has 1 aliphatic heterocycles. The topological polar surface area (TPSA) is 89.3 Å². The van der Waals surface area contributed by atoms with Crippen molar-refractivity contribution in [1.82, 2.24) is 0 Å². The summed E-state index contributed by atoms with van der Waals surface area (Å²) in [5.41, 5.74) is 2.51. The maximum absolute atomic E-state index is 12.2. The predicted octanol–water partition coefficient (Wildman–Crippen LogP) is 3.54. The minimum Gasteiger partial charge on any atom is -0.326 e. The van der Waals surface area contributed by atoms with Crippen LogP contribution in [0.15, 0.2) is 60.7 Å². The number of benzene rings is 2. The molecule has 0 fully saturated rings. The van der Waals surface area contributed by atoms with Gasteiger partial charge in [0.2, 0.25) is 5.91 Å². The minimum atomic E-state index is -0.450. The Hall–Kier alpha value is -3.54. The normalized spacial score (nSPS) is 13.2. The summed E-state index contributed by atoms with van der Waals surface area (Å²) in [6.07, 6.45) is 6.36. The van der Waals surface area contributed by atoms with E-state index in [1.54, 1.807) is 48.6 Å². The summed E-state index contributed by atoms with van der Waals surface area (Å²) in [4.78, 5) is 34.0. The fraction of sp³-hybridized carbons (Fsp3) is 0.0526. The number of nitrogens with zero attached hydrogens (tertiary/aromatic N) is 1. The van der Waals surface area contributed by atoms with E-state index in [1.165, 1.54) is 18.2 Å². The van der Waals surface area contributed by atoms with Gasteiger partial charge in [-0.05, 0) is 42.0 Å². The number of nitro benzene ring substituents is 1. The lowest BCUT2D eigenvalue weighted by atomic mass is 10.0. The molecule has 0 saturated carbocycles. The van der Waals surface area contributed by atoms with E-state index in [4.69, 9.17) is 0 Å². The third-order valence-corrected chi connectivity index (χ3v) is 3.78. The zero-order chi connectivity index (χ0) is 17.8. The second-order valence-corrected chi connectivity index (χ2v) is 5.50. The molecule has 0 atom stereocenters. The summed E-state index contributed by atoms with van der Waals surface area (Å²) in [6, 6.07) is 11.4. The van der Waals surface area contributed by atoms with Crippen molar-refractivity contribution in [1.29, 1.82) is 0 Å². The summed E-state index contributed by atoms with van der Waals surface area (Å²) < 4.78 is 0. The van der Waals surface area contributed by atoms with Gasteiger partial charge in [-0.25, -0.2) is 0 Å². The summed E-state index contributed by atoms with van der Waals surface area (Å²) in [7, 11) is 0. The zero-order valence-corrected chi connectivity index (χ0v) is 13.1. The van der Waals surface area contributed by atoms with Crippen LogP contribution in [0.2, 0.25) is 0 Å². The standard InChI is InChI=1S/C19H14N2O4/c22-18(14-9-10-16-15(11-14)12-19(23)20-16)8-4-2-6-13-5-1-3-7-17(13)21(24)25/h1-11H,12H2,(H,20,23)/b6-2-,8-4+. The number of amides is 1. The van der Waals surface area contributed by atoms with Crippen molar-refractivity contribution in [3.8, 4) is 0 Å². The van der Waals surface area contributed by atoms with Gasteiger partial charge in [-0.3, -0.25) is 19.7 Å². The average molecular weight is 334 g/mol. The minimum absolute atomic E-state index is 0.00858. The number of carbonyl (C=O) groups excluding carboxylic acids is 2. The second-order valence-electron chi connectivity index (χ2n) is 5.50. The Balaban J connectivity index is 1.71. The van der Waals surface area contributed by atoms with Crippen molar-refractivity contribution in [3.05, 3.63) is 87.5 Å². The van der Waals surface area contributed by atoms with Crippen LogP contribution in [-0.4, -0.2) is 16.6 Å². The highest BCUT2D eigenvalue weighted by molar-refractivity contribution is 6.06. The predicted molar refractivity (Wildman–Crippen MR) is 94.4 cm³/mol. The number of hydrogen-bond donors (Lipinski definition) is 1. The van der Waals surface area contributed by atoms with Crippen molar-refractivity contribution in [3.63, 3.8) is 0 Å². The highest BCUT2D eigenvalue weighted by Crippen LogP contribution is 2.24. The van der Waals surface area contributed by atoms with E-state index in [-0.39, 0.29) is 23.8 Å². The summed E-state index contributed by atoms with van der Waals surface area (Å²) in [5, 5.41) is 13.6. The molecule has 1 aliphatic rings. The lowest BCUT2D eigenvalue weighted by Crippen LogP contribution is -2.03. The molecule has 0 saturated heterocycles. The first kappa shape index (κ1) is 16.3. The van der Waals surface area contributed by atoms with Gasteiger partial charge < -0.3 is 5.32 Å². The van der Waals surface area contributed by atoms with Crippen LogP contribution >= 0.6 is 0 Å². The van der Waals surface area contributed by atoms with E-state index in [0.717, 1.165) is 11.3 Å². The van der Waals surface area contributed by atoms with Crippen LogP contribution in [0.4, 0.5) is 11.4 Å². The van der Waals surface area contributed by atoms with E-state index >= 15 is 0 Å². The third kappa shape index (κ3) is 3.69. The molecule has 25 heavy (non-hydrogen) atoms. The average Bonchev–Trinajstić information content (AvgIpc) is 2.97. The summed E-state index contributed by atoms with van der Waals surface area (Å²) >= 11 is 0. The summed E-state index contributed by atoms with van der Waals surface area (Å²) in [6.45, 7) is 0. The number of allylic oxidation sites excluding steroid dienone is 3. The molecule has 0 aromatic heterocycles. The maximum atomic E-state index is 12.2. The maximum Gasteiger partial charge on any atom is 0.276 e. The first-order valence-corrected chi connectivity index (χ1v) is 7.60. The Kier molecular flexibility index (Phi) is 4.52. The molecule has 0 aliphatic carbocycles. The fourth-order valence-electron chi connectivity index (χ4n) is 2.58. The van der Waals surface area contributed by atoms with Crippen molar-refractivity contribution in [2.75, 3.05) is 5.32 Å². The summed E-state index contributed by atoms with van der Waals surface area (Å²) in [5.74, 6) is -0.281. The Labute approximate surface area is 143 Å². The Bertz CT molecular complexity index is 929. The van der Waals surface area contributed by atoms with E-state index in [2.05, 4.69) is 5.32 Å². The van der Waals surface area contributed by atoms with Crippen LogP contribution in [0.25, 0.3) is 6.08 Å². The van der Waals surface area contributed by atoms with Gasteiger partial charge in [0, 0.05) is 17.3 Å². The van der Waals surface area contributed by atoms with Crippen molar-refractivity contribution >= 4 is 29.1 Å².